The Balaban J connectivity index is 1.05. The van der Waals surface area contributed by atoms with Gasteiger partial charge in [-0.1, -0.05) is 36.4 Å². The number of hydrogen-bond donors (Lipinski definition) is 2. The molecule has 2 saturated heterocycles. The largest absolute Gasteiger partial charge is 0.381 e. The number of nitrogens with zero attached hydrogens (tertiary/aromatic N) is 2. The van der Waals surface area contributed by atoms with Gasteiger partial charge in [0.15, 0.2) is 0 Å². The predicted octanol–water partition coefficient (Wildman–Crippen LogP) is 5.90. The normalized spacial score (nSPS) is 18.5. The minimum Gasteiger partial charge on any atom is -0.381 e. The highest BCUT2D eigenvalue weighted by Gasteiger charge is 2.31. The number of H-pyrrole nitrogens is 1. The molecular weight excluding hydrogens is 472 g/mol. The van der Waals surface area contributed by atoms with Crippen LogP contribution in [0.15, 0.2) is 66.7 Å². The Morgan fingerprint density at radius 1 is 0.947 bits per heavy atom. The fourth-order valence-electron chi connectivity index (χ4n) is 6.13. The van der Waals surface area contributed by atoms with Crippen molar-refractivity contribution < 1.29 is 9.53 Å². The molecule has 1 aromatic heterocycles. The average molecular weight is 507 g/mol. The molecule has 1 aliphatic carbocycles. The second kappa shape index (κ2) is 9.91. The van der Waals surface area contributed by atoms with Gasteiger partial charge in [-0.15, -0.1) is 0 Å². The zero-order valence-electron chi connectivity index (χ0n) is 21.7. The van der Waals surface area contributed by atoms with E-state index in [0.717, 1.165) is 60.3 Å². The van der Waals surface area contributed by atoms with Gasteiger partial charge in [0.05, 0.1) is 24.4 Å². The highest BCUT2D eigenvalue weighted by Crippen LogP contribution is 2.41. The van der Waals surface area contributed by atoms with E-state index >= 15 is 0 Å². The SMILES string of the molecule is O=C(NCc1ccccc1C1CC1)c1ccc2[nH]nc(-c3ccc(N4CCC(C5COC5)CC4)cc3)c2c1. The van der Waals surface area contributed by atoms with Gasteiger partial charge in [-0.25, -0.2) is 0 Å². The first-order valence-corrected chi connectivity index (χ1v) is 14.0. The van der Waals surface area contributed by atoms with Crippen LogP contribution in [-0.2, 0) is 11.3 Å². The van der Waals surface area contributed by atoms with Crippen molar-refractivity contribution in [2.24, 2.45) is 11.8 Å². The molecule has 38 heavy (non-hydrogen) atoms. The number of anilines is 1. The number of aromatic amines is 1. The van der Waals surface area contributed by atoms with E-state index in [1.807, 2.05) is 18.2 Å². The third-order valence-corrected chi connectivity index (χ3v) is 8.71. The second-order valence-corrected chi connectivity index (χ2v) is 11.2. The molecule has 0 radical (unpaired) electrons. The number of aromatic nitrogens is 2. The van der Waals surface area contributed by atoms with Gasteiger partial charge < -0.3 is 15.0 Å². The van der Waals surface area contributed by atoms with Gasteiger partial charge in [-0.05, 0) is 79.0 Å². The third kappa shape index (κ3) is 4.58. The lowest BCUT2D eigenvalue weighted by atomic mass is 9.83. The Hall–Kier alpha value is -3.64. The number of benzene rings is 3. The third-order valence-electron chi connectivity index (χ3n) is 8.71. The van der Waals surface area contributed by atoms with Crippen LogP contribution in [0.2, 0.25) is 0 Å². The molecule has 6 nitrogen and oxygen atoms in total. The van der Waals surface area contributed by atoms with E-state index in [2.05, 4.69) is 68.9 Å². The topological polar surface area (TPSA) is 70.2 Å². The minimum atomic E-state index is -0.0585. The Bertz CT molecular complexity index is 1440. The summed E-state index contributed by atoms with van der Waals surface area (Å²) in [4.78, 5) is 15.6. The lowest BCUT2D eigenvalue weighted by molar-refractivity contribution is -0.0650. The van der Waals surface area contributed by atoms with Gasteiger partial charge in [-0.2, -0.15) is 5.10 Å². The summed E-state index contributed by atoms with van der Waals surface area (Å²) in [5.41, 5.74) is 7.38. The number of carbonyl (C=O) groups excluding carboxylic acids is 1. The summed E-state index contributed by atoms with van der Waals surface area (Å²) in [5, 5.41) is 11.8. The molecule has 7 rings (SSSR count). The Morgan fingerprint density at radius 3 is 2.47 bits per heavy atom. The summed E-state index contributed by atoms with van der Waals surface area (Å²) in [7, 11) is 0. The van der Waals surface area contributed by atoms with Crippen LogP contribution < -0.4 is 10.2 Å². The minimum absolute atomic E-state index is 0.0585. The molecule has 0 unspecified atom stereocenters. The van der Waals surface area contributed by atoms with Crippen molar-refractivity contribution in [2.75, 3.05) is 31.2 Å². The molecular formula is C32H34N4O2. The molecule has 0 atom stereocenters. The van der Waals surface area contributed by atoms with Crippen molar-refractivity contribution in [3.63, 3.8) is 0 Å². The fraction of sp³-hybridized carbons (Fsp3) is 0.375. The molecule has 0 bridgehead atoms. The number of nitrogens with one attached hydrogen (secondary N) is 2. The van der Waals surface area contributed by atoms with Crippen LogP contribution in [-0.4, -0.2) is 42.4 Å². The number of amides is 1. The summed E-state index contributed by atoms with van der Waals surface area (Å²) < 4.78 is 5.40. The van der Waals surface area contributed by atoms with E-state index < -0.39 is 0 Å². The van der Waals surface area contributed by atoms with E-state index in [1.165, 1.54) is 42.5 Å². The maximum atomic E-state index is 13.1. The molecule has 1 saturated carbocycles. The molecule has 3 aromatic carbocycles. The van der Waals surface area contributed by atoms with Crippen LogP contribution in [0.4, 0.5) is 5.69 Å². The van der Waals surface area contributed by atoms with Crippen molar-refractivity contribution in [3.05, 3.63) is 83.4 Å². The number of hydrogen-bond acceptors (Lipinski definition) is 4. The van der Waals surface area contributed by atoms with Gasteiger partial charge in [-0.3, -0.25) is 9.89 Å². The molecule has 0 spiro atoms. The van der Waals surface area contributed by atoms with Crippen LogP contribution in [0.25, 0.3) is 22.2 Å². The number of piperidine rings is 1. The first kappa shape index (κ1) is 23.5. The predicted molar refractivity (Wildman–Crippen MR) is 150 cm³/mol. The maximum absolute atomic E-state index is 13.1. The molecule has 1 amide bonds. The van der Waals surface area contributed by atoms with E-state index in [9.17, 15) is 4.79 Å². The highest BCUT2D eigenvalue weighted by molar-refractivity contribution is 6.01. The number of rotatable bonds is 7. The Kier molecular flexibility index (Phi) is 6.12. The van der Waals surface area contributed by atoms with Crippen molar-refractivity contribution in [3.8, 4) is 11.3 Å². The summed E-state index contributed by atoms with van der Waals surface area (Å²) in [5.74, 6) is 2.19. The first-order valence-electron chi connectivity index (χ1n) is 14.0. The quantitative estimate of drug-likeness (QED) is 0.327. The zero-order valence-corrected chi connectivity index (χ0v) is 21.7. The lowest BCUT2D eigenvalue weighted by Gasteiger charge is -2.40. The number of ether oxygens (including phenoxy) is 1. The van der Waals surface area contributed by atoms with Crippen LogP contribution in [0, 0.1) is 11.8 Å². The maximum Gasteiger partial charge on any atom is 0.251 e. The molecule has 6 heteroatoms. The number of carbonyl (C=O) groups is 1. The van der Waals surface area contributed by atoms with E-state index in [0.29, 0.717) is 18.0 Å². The molecule has 3 aliphatic rings. The van der Waals surface area contributed by atoms with Crippen molar-refractivity contribution in [1.82, 2.24) is 15.5 Å². The van der Waals surface area contributed by atoms with Crippen molar-refractivity contribution >= 4 is 22.5 Å². The summed E-state index contributed by atoms with van der Waals surface area (Å²) in [6.07, 6.45) is 4.99. The summed E-state index contributed by atoms with van der Waals surface area (Å²) in [6, 6.07) is 23.0. The Labute approximate surface area is 223 Å². The van der Waals surface area contributed by atoms with E-state index in [-0.39, 0.29) is 5.91 Å². The van der Waals surface area contributed by atoms with Crippen molar-refractivity contribution in [2.45, 2.75) is 38.1 Å². The van der Waals surface area contributed by atoms with Gasteiger partial charge in [0.25, 0.3) is 5.91 Å². The molecule has 2 N–H and O–H groups in total. The summed E-state index contributed by atoms with van der Waals surface area (Å²) in [6.45, 7) is 4.67. The number of fused-ring (bicyclic) bond motifs is 1. The van der Waals surface area contributed by atoms with E-state index in [4.69, 9.17) is 4.74 Å². The van der Waals surface area contributed by atoms with Gasteiger partial charge in [0, 0.05) is 47.8 Å². The second-order valence-electron chi connectivity index (χ2n) is 11.2. The lowest BCUT2D eigenvalue weighted by Crippen LogP contribution is -2.42. The summed E-state index contributed by atoms with van der Waals surface area (Å²) >= 11 is 0. The Morgan fingerprint density at radius 2 is 1.74 bits per heavy atom. The van der Waals surface area contributed by atoms with Crippen molar-refractivity contribution in [1.29, 1.82) is 0 Å². The zero-order chi connectivity index (χ0) is 25.5. The highest BCUT2D eigenvalue weighted by atomic mass is 16.5. The van der Waals surface area contributed by atoms with Crippen LogP contribution >= 0.6 is 0 Å². The van der Waals surface area contributed by atoms with Crippen LogP contribution in [0.1, 0.15) is 53.1 Å². The van der Waals surface area contributed by atoms with Crippen LogP contribution in [0.5, 0.6) is 0 Å². The monoisotopic (exact) mass is 506 g/mol. The van der Waals surface area contributed by atoms with E-state index in [1.54, 1.807) is 0 Å². The van der Waals surface area contributed by atoms with Gasteiger partial charge in [0.1, 0.15) is 0 Å². The van der Waals surface area contributed by atoms with Gasteiger partial charge in [0.2, 0.25) is 0 Å². The fourth-order valence-corrected chi connectivity index (χ4v) is 6.13. The van der Waals surface area contributed by atoms with Gasteiger partial charge >= 0.3 is 0 Å². The standard InChI is InChI=1S/C32H34N4O2/c37-32(33-18-25-3-1-2-4-28(25)22-5-6-22)24-9-12-30-29(17-24)31(35-34-30)23-7-10-27(11-8-23)36-15-13-21(14-16-36)26-19-38-20-26/h1-4,7-12,17,21-22,26H,5-6,13-16,18-20H2,(H,33,37)(H,34,35). The molecule has 3 fully saturated rings. The molecule has 2 aliphatic heterocycles. The average Bonchev–Trinajstić information content (AvgIpc) is 3.70. The molecule has 4 aromatic rings. The molecule has 194 valence electrons. The molecule has 3 heterocycles. The smallest absolute Gasteiger partial charge is 0.251 e. The van der Waals surface area contributed by atoms with Crippen LogP contribution in [0.3, 0.4) is 0 Å². The first-order chi connectivity index (χ1) is 18.7.